The highest BCUT2D eigenvalue weighted by Gasteiger charge is 2.10. The summed E-state index contributed by atoms with van der Waals surface area (Å²) in [5.74, 6) is -0.550. The first-order valence-electron chi connectivity index (χ1n) is 6.08. The minimum atomic E-state index is -1.05. The Balaban J connectivity index is 1.63. The first-order valence-corrected chi connectivity index (χ1v) is 6.08. The lowest BCUT2D eigenvalue weighted by Gasteiger charge is -2.26. The summed E-state index contributed by atoms with van der Waals surface area (Å²) in [6.45, 7) is 6.00. The fourth-order valence-electron chi connectivity index (χ4n) is 1.87. The Bertz CT molecular complexity index is 385. The van der Waals surface area contributed by atoms with Gasteiger partial charge in [0.1, 0.15) is 12.4 Å². The summed E-state index contributed by atoms with van der Waals surface area (Å²) in [5, 5.41) is 12.0. The van der Waals surface area contributed by atoms with Crippen LogP contribution < -0.4 is 5.32 Å². The van der Waals surface area contributed by atoms with Crippen molar-refractivity contribution >= 4 is 5.97 Å². The van der Waals surface area contributed by atoms with Crippen LogP contribution in [-0.4, -0.2) is 55.3 Å². The van der Waals surface area contributed by atoms with Gasteiger partial charge in [-0.1, -0.05) is 0 Å². The Labute approximate surface area is 106 Å². The van der Waals surface area contributed by atoms with Crippen molar-refractivity contribution in [2.45, 2.75) is 6.61 Å². The van der Waals surface area contributed by atoms with Gasteiger partial charge in [-0.2, -0.15) is 0 Å². The number of hydrogen-bond donors (Lipinski definition) is 2. The van der Waals surface area contributed by atoms with Crippen molar-refractivity contribution in [2.24, 2.45) is 0 Å². The van der Waals surface area contributed by atoms with E-state index in [0.717, 1.165) is 32.7 Å². The molecule has 6 nitrogen and oxygen atoms in total. The Morgan fingerprint density at radius 3 is 2.89 bits per heavy atom. The predicted octanol–water partition coefficient (Wildman–Crippen LogP) is 0.400. The second kappa shape index (κ2) is 6.53. The number of aromatic carboxylic acids is 1. The number of carbonyl (C=O) groups is 1. The summed E-state index contributed by atoms with van der Waals surface area (Å²) < 4.78 is 10.6. The van der Waals surface area contributed by atoms with Gasteiger partial charge in [0.05, 0.1) is 6.61 Å². The Morgan fingerprint density at radius 1 is 1.44 bits per heavy atom. The molecule has 2 heterocycles. The Hall–Kier alpha value is -1.37. The highest BCUT2D eigenvalue weighted by molar-refractivity contribution is 5.84. The number of nitrogens with one attached hydrogen (secondary N) is 1. The molecule has 1 aliphatic heterocycles. The van der Waals surface area contributed by atoms with E-state index in [1.54, 1.807) is 6.07 Å². The second-order valence-electron chi connectivity index (χ2n) is 4.22. The summed E-state index contributed by atoms with van der Waals surface area (Å²) >= 11 is 0. The molecule has 0 radical (unpaired) electrons. The fraction of sp³-hybridized carbons (Fsp3) is 0.583. The summed E-state index contributed by atoms with van der Waals surface area (Å²) in [7, 11) is 0. The molecule has 0 bridgehead atoms. The van der Waals surface area contributed by atoms with Crippen LogP contribution in [0.15, 0.2) is 16.5 Å². The van der Waals surface area contributed by atoms with E-state index >= 15 is 0 Å². The lowest BCUT2D eigenvalue weighted by atomic mass is 10.3. The van der Waals surface area contributed by atoms with Crippen molar-refractivity contribution in [3.8, 4) is 0 Å². The maximum Gasteiger partial charge on any atom is 0.371 e. The lowest BCUT2D eigenvalue weighted by molar-refractivity contribution is 0.0631. The summed E-state index contributed by atoms with van der Waals surface area (Å²) in [6.07, 6.45) is 0. The van der Waals surface area contributed by atoms with Gasteiger partial charge in [0.25, 0.3) is 0 Å². The molecule has 1 aliphatic rings. The van der Waals surface area contributed by atoms with Gasteiger partial charge in [-0.3, -0.25) is 4.90 Å². The van der Waals surface area contributed by atoms with Crippen molar-refractivity contribution in [1.82, 2.24) is 10.2 Å². The van der Waals surface area contributed by atoms with Crippen LogP contribution in [0.5, 0.6) is 0 Å². The molecule has 0 unspecified atom stereocenters. The smallest absolute Gasteiger partial charge is 0.371 e. The molecule has 1 aromatic rings. The number of carboxylic acid groups (broad SMARTS) is 1. The largest absolute Gasteiger partial charge is 0.475 e. The van der Waals surface area contributed by atoms with E-state index in [9.17, 15) is 4.79 Å². The standard InChI is InChI=1S/C12H18N2O4/c15-12(16)11-2-1-10(18-11)9-17-8-7-14-5-3-13-4-6-14/h1-2,13H,3-9H2,(H,15,16). The van der Waals surface area contributed by atoms with Gasteiger partial charge in [0.15, 0.2) is 0 Å². The molecule has 2 N–H and O–H groups in total. The third-order valence-corrected chi connectivity index (χ3v) is 2.88. The SMILES string of the molecule is O=C(O)c1ccc(COCCN2CCNCC2)o1. The molecule has 2 rings (SSSR count). The molecule has 18 heavy (non-hydrogen) atoms. The predicted molar refractivity (Wildman–Crippen MR) is 64.6 cm³/mol. The van der Waals surface area contributed by atoms with Crippen molar-refractivity contribution in [2.75, 3.05) is 39.3 Å². The minimum absolute atomic E-state index is 0.0456. The van der Waals surface area contributed by atoms with Crippen LogP contribution in [0.1, 0.15) is 16.3 Å². The highest BCUT2D eigenvalue weighted by Crippen LogP contribution is 2.08. The molecule has 0 aromatic carbocycles. The van der Waals surface area contributed by atoms with Gasteiger partial charge < -0.3 is 19.6 Å². The molecule has 1 saturated heterocycles. The molecule has 0 amide bonds. The first kappa shape index (κ1) is 13.1. The van der Waals surface area contributed by atoms with Crippen molar-refractivity contribution in [3.05, 3.63) is 23.7 Å². The molecule has 100 valence electrons. The number of rotatable bonds is 6. The maximum absolute atomic E-state index is 10.6. The van der Waals surface area contributed by atoms with Crippen LogP contribution in [0, 0.1) is 0 Å². The summed E-state index contributed by atoms with van der Waals surface area (Å²) in [6, 6.07) is 3.07. The maximum atomic E-state index is 10.6. The van der Waals surface area contributed by atoms with E-state index in [1.165, 1.54) is 6.07 Å². The van der Waals surface area contributed by atoms with E-state index in [-0.39, 0.29) is 5.76 Å². The van der Waals surface area contributed by atoms with Crippen LogP contribution in [0.3, 0.4) is 0 Å². The van der Waals surface area contributed by atoms with Gasteiger partial charge in [0.2, 0.25) is 5.76 Å². The number of furan rings is 1. The molecule has 0 aliphatic carbocycles. The lowest BCUT2D eigenvalue weighted by Crippen LogP contribution is -2.44. The minimum Gasteiger partial charge on any atom is -0.475 e. The molecule has 0 saturated carbocycles. The van der Waals surface area contributed by atoms with Gasteiger partial charge in [-0.25, -0.2) is 4.79 Å². The molecular formula is C12H18N2O4. The molecule has 1 fully saturated rings. The van der Waals surface area contributed by atoms with E-state index < -0.39 is 5.97 Å². The van der Waals surface area contributed by atoms with Crippen LogP contribution >= 0.6 is 0 Å². The summed E-state index contributed by atoms with van der Waals surface area (Å²) in [4.78, 5) is 12.9. The van der Waals surface area contributed by atoms with E-state index in [1.807, 2.05) is 0 Å². The normalized spacial score (nSPS) is 16.9. The number of hydrogen-bond acceptors (Lipinski definition) is 5. The van der Waals surface area contributed by atoms with Crippen LogP contribution in [0.4, 0.5) is 0 Å². The van der Waals surface area contributed by atoms with E-state index in [4.69, 9.17) is 14.3 Å². The Morgan fingerprint density at radius 2 is 2.22 bits per heavy atom. The molecular weight excluding hydrogens is 236 g/mol. The number of nitrogens with zero attached hydrogens (tertiary/aromatic N) is 1. The first-order chi connectivity index (χ1) is 8.75. The number of carboxylic acids is 1. The zero-order chi connectivity index (χ0) is 12.8. The molecule has 1 aromatic heterocycles. The topological polar surface area (TPSA) is 74.9 Å². The summed E-state index contributed by atoms with van der Waals surface area (Å²) in [5.41, 5.74) is 0. The van der Waals surface area contributed by atoms with Crippen LogP contribution in [-0.2, 0) is 11.3 Å². The highest BCUT2D eigenvalue weighted by atomic mass is 16.5. The third kappa shape index (κ3) is 3.83. The van der Waals surface area contributed by atoms with Gasteiger partial charge in [-0.05, 0) is 12.1 Å². The third-order valence-electron chi connectivity index (χ3n) is 2.88. The molecule has 6 heteroatoms. The zero-order valence-corrected chi connectivity index (χ0v) is 10.2. The number of ether oxygens (including phenoxy) is 1. The van der Waals surface area contributed by atoms with E-state index in [0.29, 0.717) is 19.0 Å². The van der Waals surface area contributed by atoms with Crippen molar-refractivity contribution in [1.29, 1.82) is 0 Å². The molecule has 0 atom stereocenters. The van der Waals surface area contributed by atoms with Crippen molar-refractivity contribution < 1.29 is 19.1 Å². The van der Waals surface area contributed by atoms with Gasteiger partial charge in [0, 0.05) is 32.7 Å². The second-order valence-corrected chi connectivity index (χ2v) is 4.22. The van der Waals surface area contributed by atoms with Crippen LogP contribution in [0.25, 0.3) is 0 Å². The van der Waals surface area contributed by atoms with Crippen LogP contribution in [0.2, 0.25) is 0 Å². The zero-order valence-electron chi connectivity index (χ0n) is 10.2. The Kier molecular flexibility index (Phi) is 4.74. The molecule has 0 spiro atoms. The number of piperazine rings is 1. The monoisotopic (exact) mass is 254 g/mol. The average molecular weight is 254 g/mol. The fourth-order valence-corrected chi connectivity index (χ4v) is 1.87. The van der Waals surface area contributed by atoms with E-state index in [2.05, 4.69) is 10.2 Å². The van der Waals surface area contributed by atoms with Gasteiger partial charge >= 0.3 is 5.97 Å². The quantitative estimate of drug-likeness (QED) is 0.716. The van der Waals surface area contributed by atoms with Gasteiger partial charge in [-0.15, -0.1) is 0 Å². The average Bonchev–Trinajstić information content (AvgIpc) is 2.85. The van der Waals surface area contributed by atoms with Crippen molar-refractivity contribution in [3.63, 3.8) is 0 Å².